The Morgan fingerprint density at radius 2 is 1.90 bits per heavy atom. The highest BCUT2D eigenvalue weighted by Crippen LogP contribution is 2.20. The minimum atomic E-state index is 0.100. The first-order valence-corrected chi connectivity index (χ1v) is 7.69. The molecule has 2 aromatic rings. The van der Waals surface area contributed by atoms with Crippen LogP contribution in [0.2, 0.25) is 0 Å². The van der Waals surface area contributed by atoms with Gasteiger partial charge in [0.1, 0.15) is 0 Å². The van der Waals surface area contributed by atoms with E-state index in [4.69, 9.17) is 0 Å². The Labute approximate surface area is 134 Å². The first kappa shape index (κ1) is 15.6. The molecule has 0 saturated carbocycles. The predicted octanol–water partition coefficient (Wildman–Crippen LogP) is 4.22. The molecule has 0 aliphatic rings. The number of anilines is 2. The van der Waals surface area contributed by atoms with Crippen LogP contribution in [0.5, 0.6) is 0 Å². The molecule has 21 heavy (non-hydrogen) atoms. The normalized spacial score (nSPS) is 10.2. The first-order valence-electron chi connectivity index (χ1n) is 6.89. The number of para-hydroxylation sites is 1. The van der Waals surface area contributed by atoms with Gasteiger partial charge in [-0.1, -0.05) is 34.1 Å². The van der Waals surface area contributed by atoms with Gasteiger partial charge in [-0.05, 0) is 42.8 Å². The van der Waals surface area contributed by atoms with E-state index in [1.807, 2.05) is 56.4 Å². The summed E-state index contributed by atoms with van der Waals surface area (Å²) in [5.41, 5.74) is 3.14. The Bertz CT molecular complexity index is 613. The zero-order chi connectivity index (χ0) is 15.2. The molecular weight excluding hydrogens is 328 g/mol. The Morgan fingerprint density at radius 1 is 1.19 bits per heavy atom. The minimum absolute atomic E-state index is 0.100. The van der Waals surface area contributed by atoms with Crippen LogP contribution in [0.3, 0.4) is 0 Å². The van der Waals surface area contributed by atoms with E-state index in [1.165, 1.54) is 0 Å². The zero-order valence-electron chi connectivity index (χ0n) is 12.3. The van der Waals surface area contributed by atoms with E-state index in [1.54, 1.807) is 4.90 Å². The van der Waals surface area contributed by atoms with Gasteiger partial charge in [-0.3, -0.25) is 4.79 Å². The molecule has 1 N–H and O–H groups in total. The van der Waals surface area contributed by atoms with Crippen LogP contribution < -0.4 is 10.2 Å². The number of carbonyl (C=O) groups is 1. The molecule has 0 heterocycles. The number of amides is 1. The molecule has 0 aliphatic carbocycles. The fraction of sp³-hybridized carbons (Fsp3) is 0.235. The molecule has 0 aliphatic heterocycles. The molecule has 0 atom stereocenters. The van der Waals surface area contributed by atoms with Gasteiger partial charge in [0.15, 0.2) is 0 Å². The van der Waals surface area contributed by atoms with Gasteiger partial charge in [0.25, 0.3) is 0 Å². The summed E-state index contributed by atoms with van der Waals surface area (Å²) in [6, 6.07) is 15.7. The molecule has 0 fully saturated rings. The second kappa shape index (κ2) is 7.27. The molecule has 0 spiro atoms. The highest BCUT2D eigenvalue weighted by molar-refractivity contribution is 9.10. The van der Waals surface area contributed by atoms with Crippen molar-refractivity contribution in [3.8, 4) is 0 Å². The van der Waals surface area contributed by atoms with Crippen molar-refractivity contribution in [2.45, 2.75) is 13.3 Å². The summed E-state index contributed by atoms with van der Waals surface area (Å²) >= 11 is 3.44. The zero-order valence-corrected chi connectivity index (χ0v) is 13.9. The Hall–Kier alpha value is -1.81. The lowest BCUT2D eigenvalue weighted by Crippen LogP contribution is -2.27. The Kier molecular flexibility index (Phi) is 5.39. The van der Waals surface area contributed by atoms with Gasteiger partial charge < -0.3 is 10.2 Å². The van der Waals surface area contributed by atoms with Crippen LogP contribution in [0.15, 0.2) is 53.0 Å². The number of halogens is 1. The molecule has 0 radical (unpaired) electrons. The van der Waals surface area contributed by atoms with Crippen molar-refractivity contribution < 1.29 is 4.79 Å². The van der Waals surface area contributed by atoms with E-state index >= 15 is 0 Å². The van der Waals surface area contributed by atoms with Crippen molar-refractivity contribution in [3.05, 3.63) is 58.6 Å². The number of carbonyl (C=O) groups excluding carboxylic acids is 1. The summed E-state index contributed by atoms with van der Waals surface area (Å²) in [4.78, 5) is 13.8. The van der Waals surface area contributed by atoms with Crippen molar-refractivity contribution in [2.24, 2.45) is 0 Å². The van der Waals surface area contributed by atoms with Gasteiger partial charge in [0.2, 0.25) is 5.91 Å². The average molecular weight is 347 g/mol. The number of nitrogens with zero attached hydrogens (tertiary/aromatic N) is 1. The third kappa shape index (κ3) is 4.33. The first-order chi connectivity index (χ1) is 10.1. The van der Waals surface area contributed by atoms with Gasteiger partial charge in [-0.15, -0.1) is 0 Å². The van der Waals surface area contributed by atoms with Gasteiger partial charge >= 0.3 is 0 Å². The molecule has 0 unspecified atom stereocenters. The smallest absolute Gasteiger partial charge is 0.228 e. The molecular formula is C17H19BrN2O. The van der Waals surface area contributed by atoms with Gasteiger partial charge in [0, 0.05) is 35.9 Å². The minimum Gasteiger partial charge on any atom is -0.384 e. The standard InChI is InChI=1S/C17H19BrN2O/c1-13-12-14(18)8-9-16(13)19-11-10-17(21)20(2)15-6-4-3-5-7-15/h3-9,12,19H,10-11H2,1-2H3. The van der Waals surface area contributed by atoms with Crippen LogP contribution in [0.25, 0.3) is 0 Å². The Balaban J connectivity index is 1.87. The fourth-order valence-electron chi connectivity index (χ4n) is 2.09. The number of nitrogens with one attached hydrogen (secondary N) is 1. The number of rotatable bonds is 5. The lowest BCUT2D eigenvalue weighted by Gasteiger charge is -2.18. The van der Waals surface area contributed by atoms with E-state index in [0.717, 1.165) is 21.4 Å². The SMILES string of the molecule is Cc1cc(Br)ccc1NCCC(=O)N(C)c1ccccc1. The van der Waals surface area contributed by atoms with Gasteiger partial charge in [-0.2, -0.15) is 0 Å². The maximum atomic E-state index is 12.2. The topological polar surface area (TPSA) is 32.3 Å². The fourth-order valence-corrected chi connectivity index (χ4v) is 2.57. The Morgan fingerprint density at radius 3 is 2.57 bits per heavy atom. The highest BCUT2D eigenvalue weighted by atomic mass is 79.9. The summed E-state index contributed by atoms with van der Waals surface area (Å²) in [6.07, 6.45) is 0.459. The van der Waals surface area contributed by atoms with Crippen molar-refractivity contribution in [2.75, 3.05) is 23.8 Å². The van der Waals surface area contributed by atoms with E-state index in [9.17, 15) is 4.79 Å². The van der Waals surface area contributed by atoms with Crippen LogP contribution in [0.1, 0.15) is 12.0 Å². The molecule has 110 valence electrons. The van der Waals surface area contributed by atoms with Gasteiger partial charge in [0.05, 0.1) is 0 Å². The maximum absolute atomic E-state index is 12.2. The molecule has 2 rings (SSSR count). The monoisotopic (exact) mass is 346 g/mol. The van der Waals surface area contributed by atoms with E-state index in [0.29, 0.717) is 13.0 Å². The molecule has 0 bridgehead atoms. The van der Waals surface area contributed by atoms with Crippen LogP contribution in [-0.2, 0) is 4.79 Å². The number of hydrogen-bond donors (Lipinski definition) is 1. The lowest BCUT2D eigenvalue weighted by molar-refractivity contribution is -0.118. The lowest BCUT2D eigenvalue weighted by atomic mass is 10.2. The molecule has 2 aromatic carbocycles. The van der Waals surface area contributed by atoms with E-state index in [-0.39, 0.29) is 5.91 Å². The largest absolute Gasteiger partial charge is 0.384 e. The van der Waals surface area contributed by atoms with Crippen LogP contribution >= 0.6 is 15.9 Å². The van der Waals surface area contributed by atoms with Crippen molar-refractivity contribution >= 4 is 33.2 Å². The molecule has 0 saturated heterocycles. The quantitative estimate of drug-likeness (QED) is 0.878. The third-order valence-electron chi connectivity index (χ3n) is 3.36. The van der Waals surface area contributed by atoms with Crippen molar-refractivity contribution in [1.29, 1.82) is 0 Å². The van der Waals surface area contributed by atoms with E-state index < -0.39 is 0 Å². The summed E-state index contributed by atoms with van der Waals surface area (Å²) in [6.45, 7) is 2.67. The van der Waals surface area contributed by atoms with Crippen LogP contribution in [-0.4, -0.2) is 19.5 Å². The summed E-state index contributed by atoms with van der Waals surface area (Å²) in [5, 5.41) is 3.31. The molecule has 0 aromatic heterocycles. The highest BCUT2D eigenvalue weighted by Gasteiger charge is 2.10. The molecule has 4 heteroatoms. The summed E-state index contributed by atoms with van der Waals surface area (Å²) < 4.78 is 1.06. The predicted molar refractivity (Wildman–Crippen MR) is 91.8 cm³/mol. The van der Waals surface area contributed by atoms with Crippen molar-refractivity contribution in [1.82, 2.24) is 0 Å². The van der Waals surface area contributed by atoms with Crippen LogP contribution in [0.4, 0.5) is 11.4 Å². The summed E-state index contributed by atoms with van der Waals surface area (Å²) in [5.74, 6) is 0.100. The third-order valence-corrected chi connectivity index (χ3v) is 3.85. The second-order valence-corrected chi connectivity index (χ2v) is 5.84. The average Bonchev–Trinajstić information content (AvgIpc) is 2.49. The van der Waals surface area contributed by atoms with Crippen LogP contribution in [0, 0.1) is 6.92 Å². The van der Waals surface area contributed by atoms with E-state index in [2.05, 4.69) is 27.3 Å². The number of hydrogen-bond acceptors (Lipinski definition) is 2. The maximum Gasteiger partial charge on any atom is 0.228 e. The van der Waals surface area contributed by atoms with Gasteiger partial charge in [-0.25, -0.2) is 0 Å². The summed E-state index contributed by atoms with van der Waals surface area (Å²) in [7, 11) is 1.81. The number of aryl methyl sites for hydroxylation is 1. The second-order valence-electron chi connectivity index (χ2n) is 4.92. The van der Waals surface area contributed by atoms with Crippen molar-refractivity contribution in [3.63, 3.8) is 0 Å². The molecule has 3 nitrogen and oxygen atoms in total. The molecule has 1 amide bonds. The number of benzene rings is 2.